The van der Waals surface area contributed by atoms with Crippen LogP contribution < -0.4 is 14.4 Å². The van der Waals surface area contributed by atoms with Gasteiger partial charge in [-0.3, -0.25) is 4.79 Å². The minimum atomic E-state index is 0.00185. The molecule has 3 aromatic carbocycles. The van der Waals surface area contributed by atoms with E-state index in [-0.39, 0.29) is 11.8 Å². The summed E-state index contributed by atoms with van der Waals surface area (Å²) in [5.41, 5.74) is 2.85. The minimum Gasteiger partial charge on any atom is -0.494 e. The lowest BCUT2D eigenvalue weighted by Gasteiger charge is -2.18. The van der Waals surface area contributed by atoms with E-state index in [1.807, 2.05) is 78.6 Å². The molecule has 1 atom stereocenters. The average molecular weight is 476 g/mol. The summed E-state index contributed by atoms with van der Waals surface area (Å²) in [6.45, 7) is 4.27. The smallest absolute Gasteiger partial charge is 0.227 e. The van der Waals surface area contributed by atoms with Crippen LogP contribution in [0.5, 0.6) is 11.5 Å². The molecule has 0 N–H and O–H groups in total. The first kappa shape index (κ1) is 22.3. The van der Waals surface area contributed by atoms with Crippen molar-refractivity contribution in [2.75, 3.05) is 24.7 Å². The summed E-state index contributed by atoms with van der Waals surface area (Å²) in [5, 5.41) is 0.679. The van der Waals surface area contributed by atoms with Gasteiger partial charge in [0.15, 0.2) is 0 Å². The minimum absolute atomic E-state index is 0.00185. The van der Waals surface area contributed by atoms with Gasteiger partial charge in [-0.15, -0.1) is 0 Å². The van der Waals surface area contributed by atoms with E-state index < -0.39 is 0 Å². The Balaban J connectivity index is 1.36. The van der Waals surface area contributed by atoms with Crippen LogP contribution in [0.15, 0.2) is 72.8 Å². The van der Waals surface area contributed by atoms with Gasteiger partial charge >= 0.3 is 0 Å². The van der Waals surface area contributed by atoms with Crippen molar-refractivity contribution in [2.24, 2.45) is 0 Å². The molecule has 7 heteroatoms. The highest BCUT2D eigenvalue weighted by Crippen LogP contribution is 2.34. The zero-order valence-corrected chi connectivity index (χ0v) is 19.7. The Morgan fingerprint density at radius 2 is 1.68 bits per heavy atom. The van der Waals surface area contributed by atoms with Crippen molar-refractivity contribution in [3.8, 4) is 11.5 Å². The van der Waals surface area contributed by atoms with Crippen molar-refractivity contribution in [2.45, 2.75) is 25.8 Å². The van der Waals surface area contributed by atoms with Gasteiger partial charge in [-0.2, -0.15) is 0 Å². The zero-order chi connectivity index (χ0) is 23.5. The molecule has 0 radical (unpaired) electrons. The van der Waals surface area contributed by atoms with Crippen molar-refractivity contribution < 1.29 is 14.3 Å². The number of anilines is 1. The standard InChI is InChI=1S/C27H26ClN3O3/c1-2-33-22-13-9-21(10-14-22)31-18-19(17-26(31)32)27-29-24-5-3-4-6-25(24)30(27)15-16-34-23-11-7-20(28)8-12-23/h3-14,19H,2,15-18H2,1H3/t19-/m1/s1. The van der Waals surface area contributed by atoms with E-state index in [4.69, 9.17) is 26.1 Å². The van der Waals surface area contributed by atoms with E-state index in [9.17, 15) is 4.79 Å². The number of benzene rings is 3. The summed E-state index contributed by atoms with van der Waals surface area (Å²) in [6.07, 6.45) is 0.425. The molecule has 1 aliphatic heterocycles. The maximum atomic E-state index is 12.9. The van der Waals surface area contributed by atoms with Crippen LogP contribution in [-0.4, -0.2) is 35.2 Å². The Morgan fingerprint density at radius 3 is 2.44 bits per heavy atom. The van der Waals surface area contributed by atoms with Crippen LogP contribution in [0.25, 0.3) is 11.0 Å². The number of halogens is 1. The molecule has 0 aliphatic carbocycles. The van der Waals surface area contributed by atoms with Gasteiger partial charge in [-0.05, 0) is 67.6 Å². The first-order valence-electron chi connectivity index (χ1n) is 11.5. The van der Waals surface area contributed by atoms with Gasteiger partial charge in [0.2, 0.25) is 5.91 Å². The van der Waals surface area contributed by atoms with Crippen LogP contribution in [-0.2, 0) is 11.3 Å². The fourth-order valence-corrected chi connectivity index (χ4v) is 4.57. The molecular formula is C27H26ClN3O3. The number of amides is 1. The molecule has 1 saturated heterocycles. The van der Waals surface area contributed by atoms with Crippen molar-refractivity contribution in [1.82, 2.24) is 9.55 Å². The van der Waals surface area contributed by atoms with Crippen molar-refractivity contribution in [3.63, 3.8) is 0 Å². The molecule has 5 rings (SSSR count). The topological polar surface area (TPSA) is 56.6 Å². The molecule has 34 heavy (non-hydrogen) atoms. The molecule has 0 bridgehead atoms. The Hall–Kier alpha value is -3.51. The lowest BCUT2D eigenvalue weighted by Crippen LogP contribution is -2.24. The third-order valence-corrected chi connectivity index (χ3v) is 6.28. The monoisotopic (exact) mass is 475 g/mol. The predicted octanol–water partition coefficient (Wildman–Crippen LogP) is 5.69. The van der Waals surface area contributed by atoms with Gasteiger partial charge in [0, 0.05) is 29.6 Å². The number of aromatic nitrogens is 2. The second kappa shape index (κ2) is 9.77. The SMILES string of the molecule is CCOc1ccc(N2C[C@H](c3nc4ccccc4n3CCOc3ccc(Cl)cc3)CC2=O)cc1. The summed E-state index contributed by atoms with van der Waals surface area (Å²) < 4.78 is 13.7. The lowest BCUT2D eigenvalue weighted by atomic mass is 10.1. The van der Waals surface area contributed by atoms with Crippen LogP contribution in [0.1, 0.15) is 25.1 Å². The second-order valence-corrected chi connectivity index (χ2v) is 8.68. The number of carbonyl (C=O) groups is 1. The Kier molecular flexibility index (Phi) is 6.41. The number of carbonyl (C=O) groups excluding carboxylic acids is 1. The van der Waals surface area contributed by atoms with Crippen LogP contribution in [0, 0.1) is 0 Å². The van der Waals surface area contributed by atoms with Gasteiger partial charge in [-0.25, -0.2) is 4.98 Å². The number of hydrogen-bond acceptors (Lipinski definition) is 4. The van der Waals surface area contributed by atoms with Gasteiger partial charge in [0.05, 0.1) is 24.2 Å². The first-order chi connectivity index (χ1) is 16.6. The summed E-state index contributed by atoms with van der Waals surface area (Å²) in [7, 11) is 0. The average Bonchev–Trinajstić information content (AvgIpc) is 3.42. The quantitative estimate of drug-likeness (QED) is 0.328. The van der Waals surface area contributed by atoms with Crippen LogP contribution in [0.2, 0.25) is 5.02 Å². The van der Waals surface area contributed by atoms with Gasteiger partial charge in [0.25, 0.3) is 0 Å². The molecule has 1 amide bonds. The largest absolute Gasteiger partial charge is 0.494 e. The molecular weight excluding hydrogens is 450 g/mol. The van der Waals surface area contributed by atoms with Crippen molar-refractivity contribution in [1.29, 1.82) is 0 Å². The number of imidazole rings is 1. The summed E-state index contributed by atoms with van der Waals surface area (Å²) in [6, 6.07) is 23.1. The van der Waals surface area contributed by atoms with E-state index in [2.05, 4.69) is 10.6 Å². The van der Waals surface area contributed by atoms with E-state index in [1.54, 1.807) is 0 Å². The van der Waals surface area contributed by atoms with Crippen LogP contribution in [0.4, 0.5) is 5.69 Å². The van der Waals surface area contributed by atoms with Crippen LogP contribution >= 0.6 is 11.6 Å². The number of para-hydroxylation sites is 2. The number of rotatable bonds is 8. The maximum absolute atomic E-state index is 12.9. The highest BCUT2D eigenvalue weighted by atomic mass is 35.5. The van der Waals surface area contributed by atoms with E-state index in [1.165, 1.54) is 0 Å². The highest BCUT2D eigenvalue weighted by molar-refractivity contribution is 6.30. The van der Waals surface area contributed by atoms with Crippen molar-refractivity contribution >= 4 is 34.2 Å². The Morgan fingerprint density at radius 1 is 0.971 bits per heavy atom. The number of fused-ring (bicyclic) bond motifs is 1. The van der Waals surface area contributed by atoms with Gasteiger partial charge in [-0.1, -0.05) is 23.7 Å². The lowest BCUT2D eigenvalue weighted by molar-refractivity contribution is -0.117. The maximum Gasteiger partial charge on any atom is 0.227 e. The normalized spacial score (nSPS) is 15.8. The van der Waals surface area contributed by atoms with Gasteiger partial charge in [0.1, 0.15) is 23.9 Å². The zero-order valence-electron chi connectivity index (χ0n) is 19.0. The molecule has 0 saturated carbocycles. The number of ether oxygens (including phenoxy) is 2. The highest BCUT2D eigenvalue weighted by Gasteiger charge is 2.34. The summed E-state index contributed by atoms with van der Waals surface area (Å²) >= 11 is 5.97. The molecule has 4 aromatic rings. The molecule has 0 unspecified atom stereocenters. The number of hydrogen-bond donors (Lipinski definition) is 0. The summed E-state index contributed by atoms with van der Waals surface area (Å²) in [5.74, 6) is 2.60. The molecule has 6 nitrogen and oxygen atoms in total. The Labute approximate surface area is 203 Å². The first-order valence-corrected chi connectivity index (χ1v) is 11.9. The number of nitrogens with zero attached hydrogens (tertiary/aromatic N) is 3. The fraction of sp³-hybridized carbons (Fsp3) is 0.259. The second-order valence-electron chi connectivity index (χ2n) is 8.25. The van der Waals surface area contributed by atoms with Crippen LogP contribution in [0.3, 0.4) is 0 Å². The molecule has 1 aromatic heterocycles. The molecule has 1 aliphatic rings. The van der Waals surface area contributed by atoms with Crippen molar-refractivity contribution in [3.05, 3.63) is 83.6 Å². The molecule has 0 spiro atoms. The predicted molar refractivity (Wildman–Crippen MR) is 134 cm³/mol. The van der Waals surface area contributed by atoms with E-state index in [0.29, 0.717) is 37.7 Å². The molecule has 174 valence electrons. The fourth-order valence-electron chi connectivity index (χ4n) is 4.45. The van der Waals surface area contributed by atoms with E-state index >= 15 is 0 Å². The summed E-state index contributed by atoms with van der Waals surface area (Å²) in [4.78, 5) is 19.7. The third-order valence-electron chi connectivity index (χ3n) is 6.03. The third kappa shape index (κ3) is 4.59. The van der Waals surface area contributed by atoms with Gasteiger partial charge < -0.3 is 18.9 Å². The molecule has 1 fully saturated rings. The van der Waals surface area contributed by atoms with E-state index in [0.717, 1.165) is 34.0 Å². The molecule has 2 heterocycles. The Bertz CT molecular complexity index is 1280.